The molecule has 0 bridgehead atoms. The summed E-state index contributed by atoms with van der Waals surface area (Å²) in [6.45, 7) is 2.15. The van der Waals surface area contributed by atoms with Crippen LogP contribution in [0, 0.1) is 0 Å². The van der Waals surface area contributed by atoms with E-state index < -0.39 is 5.60 Å². The van der Waals surface area contributed by atoms with Gasteiger partial charge in [0.1, 0.15) is 0 Å². The van der Waals surface area contributed by atoms with Gasteiger partial charge in [0.2, 0.25) is 0 Å². The Hall–Kier alpha value is -2.45. The van der Waals surface area contributed by atoms with Crippen molar-refractivity contribution in [1.82, 2.24) is 4.98 Å². The second kappa shape index (κ2) is 6.76. The number of hydrogen-bond acceptors (Lipinski definition) is 2. The maximum atomic E-state index is 11.8. The van der Waals surface area contributed by atoms with Crippen molar-refractivity contribution in [2.24, 2.45) is 0 Å². The first kappa shape index (κ1) is 15.4. The third kappa shape index (κ3) is 2.90. The summed E-state index contributed by atoms with van der Waals surface area (Å²) in [7, 11) is 0. The van der Waals surface area contributed by atoms with Crippen molar-refractivity contribution in [3.8, 4) is 0 Å². The number of aryl methyl sites for hydroxylation is 1. The summed E-state index contributed by atoms with van der Waals surface area (Å²) in [5.74, 6) is 0. The molecule has 0 fully saturated rings. The molecule has 0 amide bonds. The first-order chi connectivity index (χ1) is 11.3. The molecule has 1 aromatic heterocycles. The zero-order valence-electron chi connectivity index (χ0n) is 13.3. The average molecular weight is 303 g/mol. The Balaban J connectivity index is 2.26. The molecule has 0 aliphatic heterocycles. The van der Waals surface area contributed by atoms with Gasteiger partial charge in [-0.15, -0.1) is 0 Å². The summed E-state index contributed by atoms with van der Waals surface area (Å²) in [6, 6.07) is 23.5. The lowest BCUT2D eigenvalue weighted by molar-refractivity contribution is 0.120. The van der Waals surface area contributed by atoms with Crippen molar-refractivity contribution in [2.75, 3.05) is 0 Å². The highest BCUT2D eigenvalue weighted by molar-refractivity contribution is 5.47. The van der Waals surface area contributed by atoms with Crippen LogP contribution < -0.4 is 0 Å². The third-order valence-electron chi connectivity index (χ3n) is 4.15. The lowest BCUT2D eigenvalue weighted by Gasteiger charge is -2.31. The Morgan fingerprint density at radius 2 is 1.57 bits per heavy atom. The summed E-state index contributed by atoms with van der Waals surface area (Å²) in [5, 5.41) is 11.8. The number of pyridine rings is 1. The van der Waals surface area contributed by atoms with Crippen LogP contribution >= 0.6 is 0 Å². The molecule has 0 aliphatic carbocycles. The Bertz CT molecular complexity index is 714. The van der Waals surface area contributed by atoms with Gasteiger partial charge in [0, 0.05) is 6.20 Å². The molecule has 3 rings (SSSR count). The van der Waals surface area contributed by atoms with Gasteiger partial charge in [0.05, 0.1) is 5.69 Å². The highest BCUT2D eigenvalue weighted by atomic mass is 16.3. The number of aliphatic hydroxyl groups is 1. The van der Waals surface area contributed by atoms with E-state index in [1.807, 2.05) is 66.7 Å². The standard InChI is InChI=1S/C21H21NO/c1-2-10-17-11-6-7-14-19(17)21(23,18-12-4-3-5-13-18)20-15-8-9-16-22-20/h3-9,11-16,23H,2,10H2,1H3. The van der Waals surface area contributed by atoms with Gasteiger partial charge in [0.15, 0.2) is 5.60 Å². The van der Waals surface area contributed by atoms with Crippen LogP contribution in [0.25, 0.3) is 0 Å². The van der Waals surface area contributed by atoms with Gasteiger partial charge in [0.25, 0.3) is 0 Å². The lowest BCUT2D eigenvalue weighted by atomic mass is 9.80. The van der Waals surface area contributed by atoms with E-state index in [9.17, 15) is 5.11 Å². The monoisotopic (exact) mass is 303 g/mol. The van der Waals surface area contributed by atoms with E-state index in [-0.39, 0.29) is 0 Å². The molecule has 23 heavy (non-hydrogen) atoms. The second-order valence-electron chi connectivity index (χ2n) is 5.70. The van der Waals surface area contributed by atoms with Gasteiger partial charge in [-0.3, -0.25) is 4.98 Å². The first-order valence-corrected chi connectivity index (χ1v) is 8.04. The fourth-order valence-corrected chi connectivity index (χ4v) is 3.06. The minimum absolute atomic E-state index is 0.648. The van der Waals surface area contributed by atoms with Crippen molar-refractivity contribution in [3.05, 3.63) is 101 Å². The molecule has 1 unspecified atom stereocenters. The van der Waals surface area contributed by atoms with E-state index in [2.05, 4.69) is 18.0 Å². The van der Waals surface area contributed by atoms with Crippen LogP contribution in [0.2, 0.25) is 0 Å². The van der Waals surface area contributed by atoms with E-state index >= 15 is 0 Å². The van der Waals surface area contributed by atoms with Crippen molar-refractivity contribution in [3.63, 3.8) is 0 Å². The maximum absolute atomic E-state index is 11.8. The van der Waals surface area contributed by atoms with Crippen LogP contribution in [0.4, 0.5) is 0 Å². The van der Waals surface area contributed by atoms with E-state index in [1.54, 1.807) is 6.20 Å². The van der Waals surface area contributed by atoms with Crippen molar-refractivity contribution in [1.29, 1.82) is 0 Å². The number of benzene rings is 2. The van der Waals surface area contributed by atoms with Crippen LogP contribution in [-0.4, -0.2) is 10.1 Å². The number of rotatable bonds is 5. The number of nitrogens with zero attached hydrogens (tertiary/aromatic N) is 1. The molecular weight excluding hydrogens is 282 g/mol. The van der Waals surface area contributed by atoms with Crippen molar-refractivity contribution < 1.29 is 5.11 Å². The van der Waals surface area contributed by atoms with Gasteiger partial charge in [-0.1, -0.05) is 74.0 Å². The van der Waals surface area contributed by atoms with Crippen LogP contribution in [0.3, 0.4) is 0 Å². The molecule has 0 spiro atoms. The van der Waals surface area contributed by atoms with Crippen LogP contribution in [0.5, 0.6) is 0 Å². The topological polar surface area (TPSA) is 33.1 Å². The molecule has 3 aromatic rings. The second-order valence-corrected chi connectivity index (χ2v) is 5.70. The predicted molar refractivity (Wildman–Crippen MR) is 93.2 cm³/mol. The van der Waals surface area contributed by atoms with E-state index in [0.29, 0.717) is 5.69 Å². The summed E-state index contributed by atoms with van der Waals surface area (Å²) >= 11 is 0. The molecule has 1 atom stereocenters. The predicted octanol–water partition coefficient (Wildman–Crippen LogP) is 4.32. The summed E-state index contributed by atoms with van der Waals surface area (Å²) in [6.07, 6.45) is 3.69. The SMILES string of the molecule is CCCc1ccccc1C(O)(c1ccccc1)c1ccccn1. The molecule has 2 aromatic carbocycles. The average Bonchev–Trinajstić information content (AvgIpc) is 2.63. The molecule has 0 saturated carbocycles. The normalized spacial score (nSPS) is 13.5. The summed E-state index contributed by atoms with van der Waals surface area (Å²) in [4.78, 5) is 4.45. The van der Waals surface area contributed by atoms with Crippen LogP contribution in [0.15, 0.2) is 79.0 Å². The van der Waals surface area contributed by atoms with Crippen molar-refractivity contribution in [2.45, 2.75) is 25.4 Å². The molecule has 1 heterocycles. The van der Waals surface area contributed by atoms with E-state index in [1.165, 1.54) is 0 Å². The molecule has 1 N–H and O–H groups in total. The van der Waals surface area contributed by atoms with E-state index in [4.69, 9.17) is 0 Å². The Morgan fingerprint density at radius 3 is 2.26 bits per heavy atom. The fraction of sp³-hybridized carbons (Fsp3) is 0.190. The minimum atomic E-state index is -1.24. The highest BCUT2D eigenvalue weighted by Gasteiger charge is 2.36. The summed E-state index contributed by atoms with van der Waals surface area (Å²) in [5.41, 5.74) is 2.31. The third-order valence-corrected chi connectivity index (χ3v) is 4.15. The zero-order chi connectivity index (χ0) is 16.1. The summed E-state index contributed by atoms with van der Waals surface area (Å²) < 4.78 is 0. The zero-order valence-corrected chi connectivity index (χ0v) is 13.3. The molecule has 116 valence electrons. The Labute approximate surface area is 137 Å². The molecule has 0 saturated heterocycles. The number of aromatic nitrogens is 1. The van der Waals surface area contributed by atoms with Gasteiger partial charge in [-0.05, 0) is 35.2 Å². The molecule has 0 aliphatic rings. The highest BCUT2D eigenvalue weighted by Crippen LogP contribution is 2.37. The Kier molecular flexibility index (Phi) is 4.54. The van der Waals surface area contributed by atoms with Gasteiger partial charge >= 0.3 is 0 Å². The molecule has 0 radical (unpaired) electrons. The number of hydrogen-bond donors (Lipinski definition) is 1. The molecular formula is C21H21NO. The lowest BCUT2D eigenvalue weighted by Crippen LogP contribution is -2.31. The largest absolute Gasteiger partial charge is 0.374 e. The first-order valence-electron chi connectivity index (χ1n) is 8.04. The smallest absolute Gasteiger partial charge is 0.157 e. The quantitative estimate of drug-likeness (QED) is 0.761. The molecule has 2 heteroatoms. The van der Waals surface area contributed by atoms with Gasteiger partial charge < -0.3 is 5.11 Å². The van der Waals surface area contributed by atoms with Gasteiger partial charge in [-0.2, -0.15) is 0 Å². The fourth-order valence-electron chi connectivity index (χ4n) is 3.06. The van der Waals surface area contributed by atoms with Crippen LogP contribution in [0.1, 0.15) is 35.7 Å². The van der Waals surface area contributed by atoms with Crippen molar-refractivity contribution >= 4 is 0 Å². The minimum Gasteiger partial charge on any atom is -0.374 e. The maximum Gasteiger partial charge on any atom is 0.157 e. The van der Waals surface area contributed by atoms with E-state index in [0.717, 1.165) is 29.5 Å². The van der Waals surface area contributed by atoms with Gasteiger partial charge in [-0.25, -0.2) is 0 Å². The molecule has 2 nitrogen and oxygen atoms in total. The Morgan fingerprint density at radius 1 is 0.870 bits per heavy atom. The van der Waals surface area contributed by atoms with Crippen LogP contribution in [-0.2, 0) is 12.0 Å².